The van der Waals surface area contributed by atoms with E-state index in [9.17, 15) is 4.79 Å². The van der Waals surface area contributed by atoms with Gasteiger partial charge >= 0.3 is 0 Å². The Hall–Kier alpha value is -2.90. The minimum Gasteiger partial charge on any atom is -0.329 e. The molecule has 7 nitrogen and oxygen atoms in total. The van der Waals surface area contributed by atoms with Gasteiger partial charge in [0, 0.05) is 43.2 Å². The van der Waals surface area contributed by atoms with Gasteiger partial charge in [0.15, 0.2) is 0 Å². The summed E-state index contributed by atoms with van der Waals surface area (Å²) in [6.07, 6.45) is 7.25. The lowest BCUT2D eigenvalue weighted by molar-refractivity contribution is 0.175. The number of hydrogen-bond donors (Lipinski definition) is 1. The number of nitrogens with two attached hydrogens (primary N) is 1. The number of aryl methyl sites for hydroxylation is 2. The molecule has 0 amide bonds. The van der Waals surface area contributed by atoms with Crippen molar-refractivity contribution in [2.45, 2.75) is 58.7 Å². The highest BCUT2D eigenvalue weighted by Crippen LogP contribution is 2.27. The lowest BCUT2D eigenvalue weighted by atomic mass is 10.1. The fourth-order valence-electron chi connectivity index (χ4n) is 4.57. The molecule has 1 aliphatic carbocycles. The number of rotatable bonds is 9. The second-order valence-corrected chi connectivity index (χ2v) is 8.45. The molecule has 3 aromatic rings. The third kappa shape index (κ3) is 4.79. The van der Waals surface area contributed by atoms with E-state index >= 15 is 0 Å². The average molecular weight is 433 g/mol. The van der Waals surface area contributed by atoms with Crippen molar-refractivity contribution in [2.24, 2.45) is 5.73 Å². The van der Waals surface area contributed by atoms with Gasteiger partial charge in [-0.15, -0.1) is 0 Å². The molecule has 1 atom stereocenters. The summed E-state index contributed by atoms with van der Waals surface area (Å²) in [5.74, 6) is 1.59. The molecule has 2 heterocycles. The summed E-state index contributed by atoms with van der Waals surface area (Å²) in [5.41, 5.74) is 10.1. The number of hydrogen-bond acceptors (Lipinski definition) is 6. The molecule has 1 aliphatic rings. The zero-order chi connectivity index (χ0) is 22.5. The molecule has 0 spiro atoms. The monoisotopic (exact) mass is 432 g/mol. The average Bonchev–Trinajstić information content (AvgIpc) is 3.28. The summed E-state index contributed by atoms with van der Waals surface area (Å²) in [6, 6.07) is 10.1. The van der Waals surface area contributed by atoms with E-state index in [2.05, 4.69) is 33.9 Å². The lowest BCUT2D eigenvalue weighted by Gasteiger charge is -2.32. The van der Waals surface area contributed by atoms with Crippen molar-refractivity contribution in [3.8, 4) is 0 Å². The van der Waals surface area contributed by atoms with Gasteiger partial charge in [-0.1, -0.05) is 37.3 Å². The molecule has 1 aromatic carbocycles. The van der Waals surface area contributed by atoms with Crippen LogP contribution in [0, 0.1) is 6.92 Å². The lowest BCUT2D eigenvalue weighted by Crippen LogP contribution is -2.38. The molecule has 1 unspecified atom stereocenters. The largest absolute Gasteiger partial charge is 0.329 e. The third-order valence-electron chi connectivity index (χ3n) is 6.16. The van der Waals surface area contributed by atoms with Gasteiger partial charge in [0.2, 0.25) is 0 Å². The molecule has 0 radical (unpaired) electrons. The smallest absolute Gasteiger partial charge is 0.257 e. The standard InChI is InChI=1S/C25H32N6O/c1-3-23(30(13-12-26)16-20-14-27-18(2)28-15-20)24-29-22-11-7-10-21(22)25(32)31(24)17-19-8-5-4-6-9-19/h4-6,8-9,14-15,23H,3,7,10-13,16-17,26H2,1-2H3. The van der Waals surface area contributed by atoms with E-state index in [1.807, 2.05) is 42.1 Å². The summed E-state index contributed by atoms with van der Waals surface area (Å²) < 4.78 is 1.89. The van der Waals surface area contributed by atoms with Crippen LogP contribution in [0.5, 0.6) is 0 Å². The molecule has 0 bridgehead atoms. The normalized spacial score (nSPS) is 14.0. The Morgan fingerprint density at radius 1 is 1.12 bits per heavy atom. The second kappa shape index (κ2) is 10.1. The fourth-order valence-corrected chi connectivity index (χ4v) is 4.57. The first-order valence-corrected chi connectivity index (χ1v) is 11.5. The minimum atomic E-state index is -0.0258. The van der Waals surface area contributed by atoms with E-state index in [1.165, 1.54) is 0 Å². The van der Waals surface area contributed by atoms with Crippen LogP contribution in [0.3, 0.4) is 0 Å². The SMILES string of the molecule is CCC(c1nc2c(c(=O)n1Cc1ccccc1)CCC2)N(CCN)Cc1cnc(C)nc1. The topological polar surface area (TPSA) is 89.9 Å². The quantitative estimate of drug-likeness (QED) is 0.559. The van der Waals surface area contributed by atoms with Crippen LogP contribution in [0.1, 0.15) is 59.8 Å². The second-order valence-electron chi connectivity index (χ2n) is 8.45. The highest BCUT2D eigenvalue weighted by atomic mass is 16.1. The zero-order valence-corrected chi connectivity index (χ0v) is 19.0. The van der Waals surface area contributed by atoms with Crippen molar-refractivity contribution >= 4 is 0 Å². The molecule has 0 fully saturated rings. The maximum Gasteiger partial charge on any atom is 0.257 e. The first-order chi connectivity index (χ1) is 15.6. The summed E-state index contributed by atoms with van der Waals surface area (Å²) in [6.45, 7) is 6.44. The zero-order valence-electron chi connectivity index (χ0n) is 19.0. The molecule has 2 N–H and O–H groups in total. The maximum atomic E-state index is 13.5. The van der Waals surface area contributed by atoms with Crippen LogP contribution >= 0.6 is 0 Å². The van der Waals surface area contributed by atoms with Gasteiger partial charge in [-0.3, -0.25) is 14.3 Å². The van der Waals surface area contributed by atoms with E-state index in [-0.39, 0.29) is 11.6 Å². The van der Waals surface area contributed by atoms with Gasteiger partial charge in [0.1, 0.15) is 11.6 Å². The van der Waals surface area contributed by atoms with Gasteiger partial charge in [-0.2, -0.15) is 0 Å². The molecule has 0 saturated carbocycles. The summed E-state index contributed by atoms with van der Waals surface area (Å²) >= 11 is 0. The molecule has 168 valence electrons. The van der Waals surface area contributed by atoms with Crippen LogP contribution in [-0.4, -0.2) is 37.5 Å². The first kappa shape index (κ1) is 22.3. The van der Waals surface area contributed by atoms with Gasteiger partial charge in [0.25, 0.3) is 5.56 Å². The predicted molar refractivity (Wildman–Crippen MR) is 125 cm³/mol. The summed E-state index contributed by atoms with van der Waals surface area (Å²) in [4.78, 5) is 29.6. The minimum absolute atomic E-state index is 0.0258. The van der Waals surface area contributed by atoms with Crippen LogP contribution in [0.4, 0.5) is 0 Å². The fraction of sp³-hybridized carbons (Fsp3) is 0.440. The Labute approximate surface area is 189 Å². The van der Waals surface area contributed by atoms with E-state index < -0.39 is 0 Å². The van der Waals surface area contributed by atoms with E-state index in [0.29, 0.717) is 26.2 Å². The molecule has 0 saturated heterocycles. The van der Waals surface area contributed by atoms with Crippen molar-refractivity contribution < 1.29 is 0 Å². The Kier molecular flexibility index (Phi) is 7.07. The van der Waals surface area contributed by atoms with E-state index in [1.54, 1.807) is 0 Å². The first-order valence-electron chi connectivity index (χ1n) is 11.5. The van der Waals surface area contributed by atoms with Gasteiger partial charge in [-0.05, 0) is 38.2 Å². The molecular weight excluding hydrogens is 400 g/mol. The van der Waals surface area contributed by atoms with Gasteiger partial charge < -0.3 is 5.73 Å². The van der Waals surface area contributed by atoms with E-state index in [4.69, 9.17) is 10.7 Å². The molecule has 0 aliphatic heterocycles. The highest BCUT2D eigenvalue weighted by molar-refractivity contribution is 5.26. The van der Waals surface area contributed by atoms with Crippen molar-refractivity contribution in [2.75, 3.05) is 13.1 Å². The van der Waals surface area contributed by atoms with Crippen molar-refractivity contribution in [1.29, 1.82) is 0 Å². The summed E-state index contributed by atoms with van der Waals surface area (Å²) in [7, 11) is 0. The van der Waals surface area contributed by atoms with Crippen molar-refractivity contribution in [3.05, 3.63) is 87.1 Å². The highest BCUT2D eigenvalue weighted by Gasteiger charge is 2.28. The summed E-state index contributed by atoms with van der Waals surface area (Å²) in [5, 5.41) is 0. The Bertz CT molecular complexity index is 1090. The van der Waals surface area contributed by atoms with Crippen molar-refractivity contribution in [3.63, 3.8) is 0 Å². The number of aromatic nitrogens is 4. The Morgan fingerprint density at radius 2 is 1.88 bits per heavy atom. The molecule has 32 heavy (non-hydrogen) atoms. The van der Waals surface area contributed by atoms with Gasteiger partial charge in [0.05, 0.1) is 18.3 Å². The number of benzene rings is 1. The van der Waals surface area contributed by atoms with Crippen LogP contribution in [0.15, 0.2) is 47.5 Å². The molecular formula is C25H32N6O. The third-order valence-corrected chi connectivity index (χ3v) is 6.16. The van der Waals surface area contributed by atoms with E-state index in [0.717, 1.165) is 59.7 Å². The van der Waals surface area contributed by atoms with Crippen LogP contribution in [0.25, 0.3) is 0 Å². The van der Waals surface area contributed by atoms with Crippen molar-refractivity contribution in [1.82, 2.24) is 24.4 Å². The molecule has 4 rings (SSSR count). The van der Waals surface area contributed by atoms with Crippen LogP contribution < -0.4 is 11.3 Å². The van der Waals surface area contributed by atoms with Crippen LogP contribution in [-0.2, 0) is 25.9 Å². The molecule has 2 aromatic heterocycles. The molecule has 7 heteroatoms. The predicted octanol–water partition coefficient (Wildman–Crippen LogP) is 2.79. The Morgan fingerprint density at radius 3 is 2.56 bits per heavy atom. The number of nitrogens with zero attached hydrogens (tertiary/aromatic N) is 5. The Balaban J connectivity index is 1.76. The van der Waals surface area contributed by atoms with Crippen LogP contribution in [0.2, 0.25) is 0 Å². The maximum absolute atomic E-state index is 13.5. The van der Waals surface area contributed by atoms with Gasteiger partial charge in [-0.25, -0.2) is 15.0 Å². The number of fused-ring (bicyclic) bond motifs is 1.